The van der Waals surface area contributed by atoms with Crippen LogP contribution in [0.1, 0.15) is 20.3 Å². The van der Waals surface area contributed by atoms with E-state index in [1.165, 1.54) is 6.92 Å². The molecule has 2 unspecified atom stereocenters. The zero-order valence-electron chi connectivity index (χ0n) is 10.6. The molecule has 18 heavy (non-hydrogen) atoms. The average Bonchev–Trinajstić information content (AvgIpc) is 2.38. The fraction of sp³-hybridized carbons (Fsp3) is 0.357. The Morgan fingerprint density at radius 2 is 2.06 bits per heavy atom. The number of hydrogen-bond acceptors (Lipinski definition) is 2. The Hall–Kier alpha value is -1.60. The first-order valence-corrected chi connectivity index (χ1v) is 7.14. The Morgan fingerprint density at radius 3 is 2.61 bits per heavy atom. The highest BCUT2D eigenvalue weighted by Gasteiger charge is 2.03. The van der Waals surface area contributed by atoms with Crippen molar-refractivity contribution in [3.05, 3.63) is 30.3 Å². The number of hydrogen-bond donors (Lipinski definition) is 1. The molecule has 0 saturated heterocycles. The van der Waals surface area contributed by atoms with Gasteiger partial charge in [0.05, 0.1) is 22.6 Å². The molecule has 2 atom stereocenters. The van der Waals surface area contributed by atoms with Gasteiger partial charge in [-0.3, -0.25) is 9.00 Å². The third-order valence-corrected chi connectivity index (χ3v) is 3.48. The Bertz CT molecular complexity index is 474. The van der Waals surface area contributed by atoms with Gasteiger partial charge in [-0.1, -0.05) is 37.0 Å². The minimum absolute atomic E-state index is 0.0969. The van der Waals surface area contributed by atoms with Crippen LogP contribution in [-0.4, -0.2) is 21.9 Å². The Morgan fingerprint density at radius 1 is 1.39 bits per heavy atom. The normalized spacial score (nSPS) is 13.0. The summed E-state index contributed by atoms with van der Waals surface area (Å²) in [5, 5.41) is 2.73. The first-order valence-electron chi connectivity index (χ1n) is 5.82. The van der Waals surface area contributed by atoms with Gasteiger partial charge in [0.25, 0.3) is 0 Å². The van der Waals surface area contributed by atoms with E-state index in [2.05, 4.69) is 17.2 Å². The highest BCUT2D eigenvalue weighted by Crippen LogP contribution is 2.04. The topological polar surface area (TPSA) is 46.2 Å². The first-order chi connectivity index (χ1) is 8.63. The van der Waals surface area contributed by atoms with Gasteiger partial charge in [0.2, 0.25) is 5.91 Å². The van der Waals surface area contributed by atoms with Gasteiger partial charge in [-0.05, 0) is 18.6 Å². The Balaban J connectivity index is 2.55. The molecule has 96 valence electrons. The molecule has 1 aromatic rings. The SMILES string of the molecule is CCC(C#CCS(=O)c1ccccc1)NC(C)=O. The summed E-state index contributed by atoms with van der Waals surface area (Å²) in [7, 11) is -1.10. The van der Waals surface area contributed by atoms with Gasteiger partial charge >= 0.3 is 0 Å². The average molecular weight is 263 g/mol. The minimum Gasteiger partial charge on any atom is -0.343 e. The van der Waals surface area contributed by atoms with Crippen molar-refractivity contribution in [3.8, 4) is 11.8 Å². The maximum atomic E-state index is 11.9. The molecule has 0 aliphatic rings. The molecule has 0 aliphatic heterocycles. The lowest BCUT2D eigenvalue weighted by molar-refractivity contribution is -0.119. The van der Waals surface area contributed by atoms with E-state index in [9.17, 15) is 9.00 Å². The van der Waals surface area contributed by atoms with Crippen molar-refractivity contribution in [2.75, 3.05) is 5.75 Å². The predicted octanol–water partition coefficient (Wildman–Crippen LogP) is 1.71. The number of carbonyl (C=O) groups is 1. The molecular weight excluding hydrogens is 246 g/mol. The number of amides is 1. The fourth-order valence-corrected chi connectivity index (χ4v) is 2.21. The van der Waals surface area contributed by atoms with Crippen LogP contribution in [0.15, 0.2) is 35.2 Å². The lowest BCUT2D eigenvalue weighted by atomic mass is 10.2. The predicted molar refractivity (Wildman–Crippen MR) is 73.4 cm³/mol. The van der Waals surface area contributed by atoms with E-state index in [1.807, 2.05) is 37.3 Å². The van der Waals surface area contributed by atoms with E-state index in [0.29, 0.717) is 5.75 Å². The largest absolute Gasteiger partial charge is 0.343 e. The third kappa shape index (κ3) is 5.15. The standard InChI is InChI=1S/C14H17NO2S/c1-3-13(15-12(2)16)8-7-11-18(17)14-9-5-4-6-10-14/h4-6,9-10,13H,3,11H2,1-2H3,(H,15,16). The first kappa shape index (κ1) is 14.5. The smallest absolute Gasteiger partial charge is 0.217 e. The molecule has 0 aromatic heterocycles. The van der Waals surface area contributed by atoms with Gasteiger partial charge in [-0.25, -0.2) is 0 Å². The third-order valence-electron chi connectivity index (χ3n) is 2.27. The minimum atomic E-state index is -1.10. The lowest BCUT2D eigenvalue weighted by Gasteiger charge is -2.07. The van der Waals surface area contributed by atoms with Gasteiger partial charge in [-0.15, -0.1) is 0 Å². The van der Waals surface area contributed by atoms with E-state index in [-0.39, 0.29) is 11.9 Å². The number of benzene rings is 1. The second kappa shape index (κ2) is 7.67. The summed E-state index contributed by atoms with van der Waals surface area (Å²) in [6, 6.07) is 9.08. The van der Waals surface area contributed by atoms with Crippen molar-refractivity contribution in [1.82, 2.24) is 5.32 Å². The monoisotopic (exact) mass is 263 g/mol. The van der Waals surface area contributed by atoms with Gasteiger partial charge in [0.15, 0.2) is 0 Å². The summed E-state index contributed by atoms with van der Waals surface area (Å²) in [6.45, 7) is 3.41. The van der Waals surface area contributed by atoms with Gasteiger partial charge in [0, 0.05) is 11.8 Å². The van der Waals surface area contributed by atoms with E-state index < -0.39 is 10.8 Å². The number of carbonyl (C=O) groups excluding carboxylic acids is 1. The molecule has 0 spiro atoms. The van der Waals surface area contributed by atoms with Crippen molar-refractivity contribution in [1.29, 1.82) is 0 Å². The zero-order valence-corrected chi connectivity index (χ0v) is 11.4. The Kier molecular flexibility index (Phi) is 6.16. The van der Waals surface area contributed by atoms with Gasteiger partial charge in [-0.2, -0.15) is 0 Å². The van der Waals surface area contributed by atoms with Crippen LogP contribution in [0.3, 0.4) is 0 Å². The molecule has 3 nitrogen and oxygen atoms in total. The van der Waals surface area contributed by atoms with Crippen molar-refractivity contribution in [2.24, 2.45) is 0 Å². The van der Waals surface area contributed by atoms with Crippen LogP contribution in [-0.2, 0) is 15.6 Å². The molecule has 0 bridgehead atoms. The highest BCUT2D eigenvalue weighted by atomic mass is 32.2. The van der Waals surface area contributed by atoms with Crippen LogP contribution >= 0.6 is 0 Å². The van der Waals surface area contributed by atoms with Gasteiger partial charge in [0.1, 0.15) is 0 Å². The molecule has 0 radical (unpaired) electrons. The van der Waals surface area contributed by atoms with Crippen LogP contribution in [0.2, 0.25) is 0 Å². The molecule has 0 aliphatic carbocycles. The van der Waals surface area contributed by atoms with Crippen LogP contribution in [0, 0.1) is 11.8 Å². The van der Waals surface area contributed by atoms with E-state index >= 15 is 0 Å². The van der Waals surface area contributed by atoms with Gasteiger partial charge < -0.3 is 5.32 Å². The quantitative estimate of drug-likeness (QED) is 0.841. The number of nitrogens with one attached hydrogen (secondary N) is 1. The van der Waals surface area contributed by atoms with Crippen molar-refractivity contribution in [2.45, 2.75) is 31.2 Å². The molecule has 0 heterocycles. The lowest BCUT2D eigenvalue weighted by Crippen LogP contribution is -2.31. The molecule has 0 fully saturated rings. The molecular formula is C14H17NO2S. The van der Waals surface area contributed by atoms with E-state index in [0.717, 1.165) is 11.3 Å². The fourth-order valence-electron chi connectivity index (χ4n) is 1.37. The molecule has 0 saturated carbocycles. The zero-order chi connectivity index (χ0) is 13.4. The maximum Gasteiger partial charge on any atom is 0.217 e. The van der Waals surface area contributed by atoms with E-state index in [4.69, 9.17) is 0 Å². The molecule has 1 aromatic carbocycles. The van der Waals surface area contributed by atoms with Crippen LogP contribution in [0.4, 0.5) is 0 Å². The summed E-state index contributed by atoms with van der Waals surface area (Å²) in [4.78, 5) is 11.7. The summed E-state index contributed by atoms with van der Waals surface area (Å²) < 4.78 is 11.9. The van der Waals surface area contributed by atoms with Crippen molar-refractivity contribution in [3.63, 3.8) is 0 Å². The molecule has 1 N–H and O–H groups in total. The maximum absolute atomic E-state index is 11.9. The highest BCUT2D eigenvalue weighted by molar-refractivity contribution is 7.85. The molecule has 1 amide bonds. The van der Waals surface area contributed by atoms with Crippen LogP contribution < -0.4 is 5.32 Å². The number of rotatable bonds is 4. The van der Waals surface area contributed by atoms with Crippen LogP contribution in [0.25, 0.3) is 0 Å². The molecule has 1 rings (SSSR count). The summed E-state index contributed by atoms with van der Waals surface area (Å²) in [5.41, 5.74) is 0. The summed E-state index contributed by atoms with van der Waals surface area (Å²) in [6.07, 6.45) is 0.741. The van der Waals surface area contributed by atoms with E-state index in [1.54, 1.807) is 0 Å². The van der Waals surface area contributed by atoms with Crippen LogP contribution in [0.5, 0.6) is 0 Å². The van der Waals surface area contributed by atoms with Crippen molar-refractivity contribution >= 4 is 16.7 Å². The summed E-state index contributed by atoms with van der Waals surface area (Å²) >= 11 is 0. The second-order valence-corrected chi connectivity index (χ2v) is 5.24. The van der Waals surface area contributed by atoms with Crippen molar-refractivity contribution < 1.29 is 9.00 Å². The second-order valence-electron chi connectivity index (χ2n) is 3.79. The summed E-state index contributed by atoms with van der Waals surface area (Å²) in [5.74, 6) is 6.00. The Labute approximate surface area is 110 Å². The molecule has 4 heteroatoms.